The zero-order chi connectivity index (χ0) is 16.9. The summed E-state index contributed by atoms with van der Waals surface area (Å²) in [5.74, 6) is 3.32. The highest BCUT2D eigenvalue weighted by Crippen LogP contribution is 2.30. The van der Waals surface area contributed by atoms with Gasteiger partial charge in [-0.25, -0.2) is 0 Å². The van der Waals surface area contributed by atoms with Gasteiger partial charge in [-0.2, -0.15) is 0 Å². The molecule has 1 aromatic heterocycles. The maximum Gasteiger partial charge on any atom is 0.160 e. The Morgan fingerprint density at radius 3 is 2.79 bits per heavy atom. The Kier molecular flexibility index (Phi) is 5.35. The predicted molar refractivity (Wildman–Crippen MR) is 92.3 cm³/mol. The number of aryl methyl sites for hydroxylation is 1. The first-order chi connectivity index (χ1) is 11.7. The van der Waals surface area contributed by atoms with Crippen LogP contribution in [-0.4, -0.2) is 47.0 Å². The van der Waals surface area contributed by atoms with Crippen molar-refractivity contribution < 1.29 is 9.47 Å². The van der Waals surface area contributed by atoms with Gasteiger partial charge in [-0.3, -0.25) is 4.90 Å². The van der Waals surface area contributed by atoms with Gasteiger partial charge in [0.05, 0.1) is 20.8 Å². The molecule has 1 aliphatic rings. The van der Waals surface area contributed by atoms with Gasteiger partial charge in [0.15, 0.2) is 11.5 Å². The Hall–Kier alpha value is -2.08. The van der Waals surface area contributed by atoms with E-state index in [9.17, 15) is 0 Å². The Balaban J connectivity index is 1.58. The van der Waals surface area contributed by atoms with Crippen LogP contribution in [-0.2, 0) is 19.5 Å². The molecule has 1 aromatic carbocycles. The van der Waals surface area contributed by atoms with Crippen molar-refractivity contribution in [2.45, 2.75) is 32.9 Å². The molecule has 0 saturated carbocycles. The van der Waals surface area contributed by atoms with E-state index in [1.54, 1.807) is 14.2 Å². The fourth-order valence-corrected chi connectivity index (χ4v) is 3.43. The van der Waals surface area contributed by atoms with Crippen molar-refractivity contribution in [2.24, 2.45) is 5.92 Å². The molecule has 24 heavy (non-hydrogen) atoms. The Morgan fingerprint density at radius 1 is 1.21 bits per heavy atom. The van der Waals surface area contributed by atoms with Gasteiger partial charge in [-0.15, -0.1) is 10.2 Å². The molecule has 3 rings (SSSR count). The highest BCUT2D eigenvalue weighted by Gasteiger charge is 2.24. The highest BCUT2D eigenvalue weighted by atomic mass is 16.5. The third-order valence-electron chi connectivity index (χ3n) is 4.74. The zero-order valence-corrected chi connectivity index (χ0v) is 14.7. The topological polar surface area (TPSA) is 52.4 Å². The number of benzene rings is 1. The molecule has 0 radical (unpaired) electrons. The maximum absolute atomic E-state index is 5.40. The molecule has 6 heteroatoms. The van der Waals surface area contributed by atoms with Crippen LogP contribution in [0.3, 0.4) is 0 Å². The molecule has 1 aliphatic heterocycles. The van der Waals surface area contributed by atoms with Crippen LogP contribution in [0.15, 0.2) is 24.5 Å². The smallest absolute Gasteiger partial charge is 0.160 e. The molecule has 2 aromatic rings. The molecule has 0 spiro atoms. The van der Waals surface area contributed by atoms with Crippen molar-refractivity contribution in [2.75, 3.05) is 27.3 Å². The lowest BCUT2D eigenvalue weighted by Gasteiger charge is -2.16. The third-order valence-corrected chi connectivity index (χ3v) is 4.74. The molecule has 0 amide bonds. The molecule has 1 fully saturated rings. The summed E-state index contributed by atoms with van der Waals surface area (Å²) < 4.78 is 12.8. The summed E-state index contributed by atoms with van der Waals surface area (Å²) in [4.78, 5) is 2.47. The van der Waals surface area contributed by atoms with Gasteiger partial charge >= 0.3 is 0 Å². The molecular weight excluding hydrogens is 304 g/mol. The third kappa shape index (κ3) is 3.70. The van der Waals surface area contributed by atoms with Crippen LogP contribution in [0.5, 0.6) is 11.5 Å². The number of hydrogen-bond acceptors (Lipinski definition) is 5. The van der Waals surface area contributed by atoms with Crippen LogP contribution in [0.1, 0.15) is 24.7 Å². The van der Waals surface area contributed by atoms with Gasteiger partial charge in [0.2, 0.25) is 0 Å². The van der Waals surface area contributed by atoms with Crippen molar-refractivity contribution in [3.8, 4) is 11.5 Å². The maximum atomic E-state index is 5.40. The van der Waals surface area contributed by atoms with Gasteiger partial charge in [0.25, 0.3) is 0 Å². The standard InChI is InChI=1S/C18H26N4O2/c1-4-22-13-19-20-18(22)12-21-8-7-15(11-21)9-14-5-6-16(23-2)17(10-14)24-3/h5-6,10,13,15H,4,7-9,11-12H2,1-3H3. The van der Waals surface area contributed by atoms with Crippen LogP contribution in [0.4, 0.5) is 0 Å². The van der Waals surface area contributed by atoms with E-state index >= 15 is 0 Å². The van der Waals surface area contributed by atoms with Gasteiger partial charge in [0, 0.05) is 13.1 Å². The quantitative estimate of drug-likeness (QED) is 0.780. The second kappa shape index (κ2) is 7.66. The van der Waals surface area contributed by atoms with Crippen LogP contribution in [0.2, 0.25) is 0 Å². The van der Waals surface area contributed by atoms with Crippen LogP contribution < -0.4 is 9.47 Å². The van der Waals surface area contributed by atoms with Crippen LogP contribution in [0.25, 0.3) is 0 Å². The van der Waals surface area contributed by atoms with E-state index in [-0.39, 0.29) is 0 Å². The number of ether oxygens (including phenoxy) is 2. The lowest BCUT2D eigenvalue weighted by Crippen LogP contribution is -2.22. The van der Waals surface area contributed by atoms with E-state index in [4.69, 9.17) is 9.47 Å². The summed E-state index contributed by atoms with van der Waals surface area (Å²) in [7, 11) is 3.35. The molecule has 130 valence electrons. The summed E-state index contributed by atoms with van der Waals surface area (Å²) in [6, 6.07) is 6.22. The monoisotopic (exact) mass is 330 g/mol. The van der Waals surface area contributed by atoms with Crippen molar-refractivity contribution in [3.05, 3.63) is 35.9 Å². The predicted octanol–water partition coefficient (Wildman–Crippen LogP) is 2.38. The van der Waals surface area contributed by atoms with E-state index in [0.717, 1.165) is 49.9 Å². The number of aromatic nitrogens is 3. The van der Waals surface area contributed by atoms with Crippen LogP contribution in [0, 0.1) is 5.92 Å². The Bertz CT molecular complexity index is 671. The number of methoxy groups -OCH3 is 2. The minimum absolute atomic E-state index is 0.668. The molecule has 0 bridgehead atoms. The number of likely N-dealkylation sites (tertiary alicyclic amines) is 1. The lowest BCUT2D eigenvalue weighted by atomic mass is 9.98. The molecule has 0 aliphatic carbocycles. The first-order valence-electron chi connectivity index (χ1n) is 8.53. The normalized spacial score (nSPS) is 18.0. The molecule has 1 unspecified atom stereocenters. The second-order valence-corrected chi connectivity index (χ2v) is 6.32. The van der Waals surface area contributed by atoms with E-state index in [0.29, 0.717) is 5.92 Å². The lowest BCUT2D eigenvalue weighted by molar-refractivity contribution is 0.303. The van der Waals surface area contributed by atoms with E-state index in [2.05, 4.69) is 38.7 Å². The largest absolute Gasteiger partial charge is 0.493 e. The minimum Gasteiger partial charge on any atom is -0.493 e. The summed E-state index contributed by atoms with van der Waals surface area (Å²) in [6.45, 7) is 6.15. The second-order valence-electron chi connectivity index (χ2n) is 6.32. The Labute approximate surface area is 143 Å². The average Bonchev–Trinajstić information content (AvgIpc) is 3.24. The van der Waals surface area contributed by atoms with E-state index < -0.39 is 0 Å². The molecular formula is C18H26N4O2. The van der Waals surface area contributed by atoms with E-state index in [1.165, 1.54) is 12.0 Å². The van der Waals surface area contributed by atoms with Gasteiger partial charge < -0.3 is 14.0 Å². The number of hydrogen-bond donors (Lipinski definition) is 0. The number of nitrogens with zero attached hydrogens (tertiary/aromatic N) is 4. The minimum atomic E-state index is 0.668. The first kappa shape index (κ1) is 16.8. The van der Waals surface area contributed by atoms with Gasteiger partial charge in [-0.1, -0.05) is 6.07 Å². The molecule has 0 N–H and O–H groups in total. The van der Waals surface area contributed by atoms with Crippen molar-refractivity contribution in [3.63, 3.8) is 0 Å². The van der Waals surface area contributed by atoms with Gasteiger partial charge in [-0.05, 0) is 49.9 Å². The summed E-state index contributed by atoms with van der Waals surface area (Å²) in [6.07, 6.45) is 4.10. The fraction of sp³-hybridized carbons (Fsp3) is 0.556. The van der Waals surface area contributed by atoms with Crippen molar-refractivity contribution >= 4 is 0 Å². The Morgan fingerprint density at radius 2 is 2.04 bits per heavy atom. The molecule has 1 saturated heterocycles. The highest BCUT2D eigenvalue weighted by molar-refractivity contribution is 5.43. The summed E-state index contributed by atoms with van der Waals surface area (Å²) in [5.41, 5.74) is 1.30. The van der Waals surface area contributed by atoms with Crippen molar-refractivity contribution in [1.82, 2.24) is 19.7 Å². The fourth-order valence-electron chi connectivity index (χ4n) is 3.43. The number of rotatable bonds is 7. The average molecular weight is 330 g/mol. The summed E-state index contributed by atoms with van der Waals surface area (Å²) >= 11 is 0. The summed E-state index contributed by atoms with van der Waals surface area (Å²) in [5, 5.41) is 8.26. The van der Waals surface area contributed by atoms with Crippen LogP contribution >= 0.6 is 0 Å². The first-order valence-corrected chi connectivity index (χ1v) is 8.53. The molecule has 2 heterocycles. The molecule has 6 nitrogen and oxygen atoms in total. The molecule has 1 atom stereocenters. The van der Waals surface area contributed by atoms with Gasteiger partial charge in [0.1, 0.15) is 12.2 Å². The SMILES string of the molecule is CCn1cnnc1CN1CCC(Cc2ccc(OC)c(OC)c2)C1. The zero-order valence-electron chi connectivity index (χ0n) is 14.7. The van der Waals surface area contributed by atoms with Crippen molar-refractivity contribution in [1.29, 1.82) is 0 Å². The van der Waals surface area contributed by atoms with E-state index in [1.807, 2.05) is 12.4 Å².